The second kappa shape index (κ2) is 22.7. The second-order valence-electron chi connectivity index (χ2n) is 23.1. The summed E-state index contributed by atoms with van der Waals surface area (Å²) in [5, 5.41) is 13.2. The summed E-state index contributed by atoms with van der Waals surface area (Å²) in [5.41, 5.74) is 6.27. The van der Waals surface area contributed by atoms with Crippen LogP contribution in [0.4, 0.5) is 0 Å². The molecule has 0 aliphatic rings. The first-order chi connectivity index (χ1) is 32.4. The van der Waals surface area contributed by atoms with Crippen LogP contribution in [-0.4, -0.2) is 52.7 Å². The Balaban J connectivity index is 0.000000261. The Morgan fingerprint density at radius 3 is 1.26 bits per heavy atom. The van der Waals surface area contributed by atoms with Gasteiger partial charge in [-0.25, -0.2) is 0 Å². The highest BCUT2D eigenvalue weighted by atomic mass is 35.5. The fraction of sp³-hybridized carbons (Fsp3) is 0.483. The quantitative estimate of drug-likeness (QED) is 0.0912. The normalized spacial score (nSPS) is 13.5. The van der Waals surface area contributed by atoms with Gasteiger partial charge in [-0.05, 0) is 128 Å². The Hall–Kier alpha value is -4.22. The third-order valence-corrected chi connectivity index (χ3v) is 16.9. The number of carbonyl (C=O) groups excluding carboxylic acids is 1. The molecule has 6 rings (SSSR count). The molecule has 0 radical (unpaired) electrons. The number of aromatic nitrogens is 2. The van der Waals surface area contributed by atoms with Gasteiger partial charge < -0.3 is 19.0 Å². The average Bonchev–Trinajstić information content (AvgIpc) is 3.70. The van der Waals surface area contributed by atoms with E-state index in [9.17, 15) is 23.1 Å². The molecule has 8 nitrogen and oxygen atoms in total. The third-order valence-electron chi connectivity index (χ3n) is 12.3. The Kier molecular flexibility index (Phi) is 18.4. The number of aliphatic carboxylic acids is 1. The van der Waals surface area contributed by atoms with E-state index in [1.165, 1.54) is 11.1 Å². The molecule has 0 spiro atoms. The Morgan fingerprint density at radius 2 is 0.943 bits per heavy atom. The summed E-state index contributed by atoms with van der Waals surface area (Å²) in [5.74, 6) is 0.588. The van der Waals surface area contributed by atoms with Gasteiger partial charge in [0.1, 0.15) is 0 Å². The van der Waals surface area contributed by atoms with Crippen LogP contribution in [0.15, 0.2) is 94.7 Å². The van der Waals surface area contributed by atoms with E-state index in [0.29, 0.717) is 59.5 Å². The van der Waals surface area contributed by atoms with E-state index in [0.717, 1.165) is 54.1 Å². The lowest BCUT2D eigenvalue weighted by Crippen LogP contribution is -2.30. The largest absolute Gasteiger partial charge is 0.481 e. The summed E-state index contributed by atoms with van der Waals surface area (Å²) in [4.78, 5) is 26.6. The molecule has 6 aromatic rings. The van der Waals surface area contributed by atoms with Gasteiger partial charge in [0.25, 0.3) is 0 Å². The van der Waals surface area contributed by atoms with E-state index in [2.05, 4.69) is 115 Å². The van der Waals surface area contributed by atoms with Gasteiger partial charge in [0.05, 0.1) is 48.8 Å². The number of nitrogens with zero attached hydrogens (tertiary/aromatic N) is 2. The maximum atomic E-state index is 14.0. The minimum Gasteiger partial charge on any atom is -0.481 e. The number of benzene rings is 4. The third kappa shape index (κ3) is 14.3. The van der Waals surface area contributed by atoms with Gasteiger partial charge in [-0.2, -0.15) is 0 Å². The molecule has 70 heavy (non-hydrogen) atoms. The van der Waals surface area contributed by atoms with Gasteiger partial charge >= 0.3 is 11.9 Å². The van der Waals surface area contributed by atoms with E-state index >= 15 is 0 Å². The van der Waals surface area contributed by atoms with Crippen molar-refractivity contribution in [1.29, 1.82) is 0 Å². The number of esters is 1. The number of hydrogen-bond acceptors (Lipinski definition) is 5. The van der Waals surface area contributed by atoms with Crippen LogP contribution in [0.1, 0.15) is 149 Å². The molecule has 2 unspecified atom stereocenters. The highest BCUT2D eigenvalue weighted by Crippen LogP contribution is 2.40. The molecule has 0 saturated carbocycles. The predicted octanol–water partition coefficient (Wildman–Crippen LogP) is 15.0. The second-order valence-corrected chi connectivity index (χ2v) is 26.7. The number of carboxylic acids is 1. The number of halogens is 2. The minimum absolute atomic E-state index is 0.112. The van der Waals surface area contributed by atoms with E-state index in [1.807, 2.05) is 69.3 Å². The maximum Gasteiger partial charge on any atom is 0.311 e. The molecule has 2 heterocycles. The SMILES string of the molecule is CC(C)c1ccc2c(c1)c(S(=O)CC(C)(C)C)c(CC(C)(C)C(=O)O)n2Cc1ccc(Cl)cc1.CCOC(=O)C(C)(C)Cc1c(S(=O)CC(C)(C)C)c2cc(C(C)C)ccc2n1Cc1ccc(Cl)cc1. The highest BCUT2D eigenvalue weighted by molar-refractivity contribution is 7.85. The fourth-order valence-corrected chi connectivity index (χ4v) is 12.3. The standard InChI is InChI=1S/C30H40ClNO3S.C28H36ClNO3S/c1-9-35-28(33)30(7,8)17-26-27(36(34)19-29(4,5)6)24-16-22(20(2)3)12-15-25(24)32(26)18-21-10-13-23(31)14-11-21;1-18(2)20-10-13-23-22(14-20)25(34(33)17-27(3,4)5)24(15-28(6,7)26(31)32)30(23)16-19-8-11-21(29)12-9-19/h10-16,20H,9,17-19H2,1-8H3;8-14,18H,15-17H2,1-7H3,(H,31,32). The van der Waals surface area contributed by atoms with E-state index in [-0.39, 0.29) is 23.2 Å². The number of rotatable bonds is 17. The lowest BCUT2D eigenvalue weighted by atomic mass is 9.87. The summed E-state index contributed by atoms with van der Waals surface area (Å²) in [7, 11) is -2.53. The number of hydrogen-bond donors (Lipinski definition) is 1. The molecule has 2 aromatic heterocycles. The van der Waals surface area contributed by atoms with Gasteiger partial charge in [-0.1, -0.05) is 129 Å². The number of fused-ring (bicyclic) bond motifs is 2. The monoisotopic (exact) mass is 1030 g/mol. The van der Waals surface area contributed by atoms with Crippen molar-refractivity contribution in [3.8, 4) is 0 Å². The van der Waals surface area contributed by atoms with Crippen LogP contribution in [0.2, 0.25) is 10.0 Å². The molecule has 12 heteroatoms. The van der Waals surface area contributed by atoms with Crippen LogP contribution in [0.3, 0.4) is 0 Å². The van der Waals surface area contributed by atoms with Crippen LogP contribution in [0, 0.1) is 21.7 Å². The number of carboxylic acid groups (broad SMARTS) is 1. The van der Waals surface area contributed by atoms with E-state index < -0.39 is 38.4 Å². The summed E-state index contributed by atoms with van der Waals surface area (Å²) in [6.07, 6.45) is 0.711. The Labute approximate surface area is 432 Å². The fourth-order valence-electron chi connectivity index (χ4n) is 8.51. The molecule has 0 saturated heterocycles. The first-order valence-electron chi connectivity index (χ1n) is 24.4. The lowest BCUT2D eigenvalue weighted by molar-refractivity contribution is -0.153. The van der Waals surface area contributed by atoms with Crippen LogP contribution in [-0.2, 0) is 61.9 Å². The lowest BCUT2D eigenvalue weighted by Gasteiger charge is -2.25. The summed E-state index contributed by atoms with van der Waals surface area (Å²) in [6.45, 7) is 31.8. The highest BCUT2D eigenvalue weighted by Gasteiger charge is 2.36. The van der Waals surface area contributed by atoms with Crippen molar-refractivity contribution in [2.75, 3.05) is 18.1 Å². The predicted molar refractivity (Wildman–Crippen MR) is 294 cm³/mol. The number of ether oxygens (including phenoxy) is 1. The van der Waals surface area contributed by atoms with E-state index in [4.69, 9.17) is 27.9 Å². The molecule has 1 N–H and O–H groups in total. The smallest absolute Gasteiger partial charge is 0.311 e. The molecule has 0 aliphatic heterocycles. The average molecular weight is 1030 g/mol. The van der Waals surface area contributed by atoms with Crippen molar-refractivity contribution in [2.45, 2.75) is 151 Å². The Bertz CT molecular complexity index is 2860. The van der Waals surface area contributed by atoms with E-state index in [1.54, 1.807) is 13.8 Å². The van der Waals surface area contributed by atoms with Crippen LogP contribution in [0.5, 0.6) is 0 Å². The summed E-state index contributed by atoms with van der Waals surface area (Å²) < 4.78 is 37.7. The van der Waals surface area contributed by atoms with Crippen molar-refractivity contribution < 1.29 is 27.9 Å². The van der Waals surface area contributed by atoms with Crippen LogP contribution in [0.25, 0.3) is 21.8 Å². The molecule has 2 atom stereocenters. The topological polar surface area (TPSA) is 108 Å². The zero-order valence-corrected chi connectivity index (χ0v) is 47.3. The van der Waals surface area contributed by atoms with Crippen molar-refractivity contribution in [3.05, 3.63) is 129 Å². The summed E-state index contributed by atoms with van der Waals surface area (Å²) in [6, 6.07) is 28.3. The first-order valence-corrected chi connectivity index (χ1v) is 27.8. The molecular weight excluding hydrogens is 956 g/mol. The first kappa shape index (κ1) is 56.7. The molecule has 380 valence electrons. The molecular formula is C58H76Cl2N2O6S2. The van der Waals surface area contributed by atoms with Crippen LogP contribution < -0.4 is 0 Å². The molecule has 0 fully saturated rings. The zero-order valence-electron chi connectivity index (χ0n) is 44.1. The van der Waals surface area contributed by atoms with Gasteiger partial charge in [-0.15, -0.1) is 0 Å². The molecule has 0 amide bonds. The van der Waals surface area contributed by atoms with Crippen molar-refractivity contribution >= 4 is 78.5 Å². The number of carbonyl (C=O) groups is 2. The van der Waals surface area contributed by atoms with Crippen molar-refractivity contribution in [3.63, 3.8) is 0 Å². The summed E-state index contributed by atoms with van der Waals surface area (Å²) >= 11 is 12.3. The maximum absolute atomic E-state index is 14.0. The van der Waals surface area contributed by atoms with Crippen molar-refractivity contribution in [2.24, 2.45) is 21.7 Å². The van der Waals surface area contributed by atoms with Gasteiger partial charge in [0.15, 0.2) is 0 Å². The Morgan fingerprint density at radius 1 is 0.586 bits per heavy atom. The molecule has 0 aliphatic carbocycles. The van der Waals surface area contributed by atoms with Crippen LogP contribution >= 0.6 is 23.2 Å². The van der Waals surface area contributed by atoms with Gasteiger partial charge in [0.2, 0.25) is 0 Å². The minimum atomic E-state index is -1.28. The van der Waals surface area contributed by atoms with Crippen molar-refractivity contribution in [1.82, 2.24) is 9.13 Å². The zero-order chi connectivity index (χ0) is 52.3. The molecule has 0 bridgehead atoms. The van der Waals surface area contributed by atoms with Gasteiger partial charge in [-0.3, -0.25) is 18.0 Å². The molecule has 4 aromatic carbocycles. The van der Waals surface area contributed by atoms with Gasteiger partial charge in [0, 0.05) is 80.7 Å².